The molecule has 0 saturated heterocycles. The summed E-state index contributed by atoms with van der Waals surface area (Å²) in [5, 5.41) is 7.25. The third-order valence-electron chi connectivity index (χ3n) is 3.32. The summed E-state index contributed by atoms with van der Waals surface area (Å²) < 4.78 is 20.0. The minimum absolute atomic E-state index is 0.235. The van der Waals surface area contributed by atoms with Gasteiger partial charge in [-0.1, -0.05) is 6.92 Å². The van der Waals surface area contributed by atoms with E-state index in [0.717, 1.165) is 6.42 Å². The number of carbonyl (C=O) groups is 1. The Balaban J connectivity index is 2.04. The number of hydrogen-bond acceptors (Lipinski definition) is 3. The molecule has 23 heavy (non-hydrogen) atoms. The van der Waals surface area contributed by atoms with E-state index in [-0.39, 0.29) is 11.7 Å². The van der Waals surface area contributed by atoms with Gasteiger partial charge in [0.15, 0.2) is 5.76 Å². The van der Waals surface area contributed by atoms with Crippen molar-refractivity contribution in [3.63, 3.8) is 0 Å². The molecule has 0 aliphatic carbocycles. The molecular weight excluding hydrogens is 297 g/mol. The Morgan fingerprint density at radius 1 is 1.30 bits per heavy atom. The Bertz CT molecular complexity index is 792. The molecule has 0 aliphatic rings. The number of nitrogens with zero attached hydrogens (tertiary/aromatic N) is 2. The van der Waals surface area contributed by atoms with Crippen molar-refractivity contribution in [2.24, 2.45) is 0 Å². The van der Waals surface area contributed by atoms with Gasteiger partial charge >= 0.3 is 0 Å². The Kier molecular flexibility index (Phi) is 4.23. The zero-order valence-electron chi connectivity index (χ0n) is 12.6. The molecule has 0 radical (unpaired) electrons. The summed E-state index contributed by atoms with van der Waals surface area (Å²) in [6.45, 7) is 2.55. The van der Waals surface area contributed by atoms with Gasteiger partial charge in [0, 0.05) is 12.6 Å². The Morgan fingerprint density at radius 3 is 2.74 bits per heavy atom. The average molecular weight is 313 g/mol. The monoisotopic (exact) mass is 313 g/mol. The molecule has 5 nitrogen and oxygen atoms in total. The number of halogens is 1. The first kappa shape index (κ1) is 15.0. The van der Waals surface area contributed by atoms with Crippen LogP contribution in [0.3, 0.4) is 0 Å². The van der Waals surface area contributed by atoms with Crippen LogP contribution in [0.4, 0.5) is 4.39 Å². The summed E-state index contributed by atoms with van der Waals surface area (Å²) in [6.07, 6.45) is 2.38. The van der Waals surface area contributed by atoms with Crippen LogP contribution in [0.2, 0.25) is 0 Å². The first-order valence-electron chi connectivity index (χ1n) is 7.37. The lowest BCUT2D eigenvalue weighted by Gasteiger charge is -2.07. The average Bonchev–Trinajstić information content (AvgIpc) is 3.22. The molecule has 0 saturated carbocycles. The van der Waals surface area contributed by atoms with Crippen LogP contribution in [-0.4, -0.2) is 22.2 Å². The Labute approximate surface area is 132 Å². The van der Waals surface area contributed by atoms with E-state index < -0.39 is 0 Å². The third kappa shape index (κ3) is 3.15. The highest BCUT2D eigenvalue weighted by atomic mass is 19.1. The number of carbonyl (C=O) groups excluding carboxylic acids is 1. The summed E-state index contributed by atoms with van der Waals surface area (Å²) in [5.74, 6) is -0.0129. The maximum atomic E-state index is 13.1. The molecule has 0 bridgehead atoms. The fourth-order valence-corrected chi connectivity index (χ4v) is 2.20. The van der Waals surface area contributed by atoms with Crippen LogP contribution < -0.4 is 5.32 Å². The van der Waals surface area contributed by atoms with Gasteiger partial charge in [0.05, 0.1) is 12.0 Å². The standard InChI is InChI=1S/C17H16FN3O2/c1-2-9-19-17(22)15-11-14(16-4-3-10-23-16)20-21(15)13-7-5-12(18)6-8-13/h3-8,10-11H,2,9H2,1H3,(H,19,22). The van der Waals surface area contributed by atoms with E-state index in [1.54, 1.807) is 36.6 Å². The number of aromatic nitrogens is 2. The van der Waals surface area contributed by atoms with Gasteiger partial charge in [-0.05, 0) is 42.8 Å². The number of benzene rings is 1. The fourth-order valence-electron chi connectivity index (χ4n) is 2.20. The number of rotatable bonds is 5. The quantitative estimate of drug-likeness (QED) is 0.785. The van der Waals surface area contributed by atoms with Gasteiger partial charge in [-0.2, -0.15) is 5.10 Å². The van der Waals surface area contributed by atoms with Gasteiger partial charge in [-0.15, -0.1) is 0 Å². The van der Waals surface area contributed by atoms with Gasteiger partial charge < -0.3 is 9.73 Å². The van der Waals surface area contributed by atoms with Crippen LogP contribution in [0, 0.1) is 5.82 Å². The van der Waals surface area contributed by atoms with E-state index in [1.807, 2.05) is 6.92 Å². The largest absolute Gasteiger partial charge is 0.463 e. The molecule has 2 heterocycles. The molecular formula is C17H16FN3O2. The molecule has 2 aromatic heterocycles. The minimum atomic E-state index is -0.343. The second-order valence-electron chi connectivity index (χ2n) is 5.04. The SMILES string of the molecule is CCCNC(=O)c1cc(-c2ccco2)nn1-c1ccc(F)cc1. The number of nitrogens with one attached hydrogen (secondary N) is 1. The molecule has 3 rings (SSSR count). The van der Waals surface area contributed by atoms with Crippen molar-refractivity contribution in [2.75, 3.05) is 6.54 Å². The van der Waals surface area contributed by atoms with Crippen LogP contribution in [0.5, 0.6) is 0 Å². The van der Waals surface area contributed by atoms with Gasteiger partial charge in [0.2, 0.25) is 0 Å². The first-order valence-corrected chi connectivity index (χ1v) is 7.37. The van der Waals surface area contributed by atoms with Gasteiger partial charge in [-0.25, -0.2) is 9.07 Å². The lowest BCUT2D eigenvalue weighted by molar-refractivity contribution is 0.0946. The Morgan fingerprint density at radius 2 is 2.09 bits per heavy atom. The van der Waals surface area contributed by atoms with Gasteiger partial charge in [0.25, 0.3) is 5.91 Å². The molecule has 118 valence electrons. The molecule has 1 N–H and O–H groups in total. The van der Waals surface area contributed by atoms with Crippen LogP contribution in [-0.2, 0) is 0 Å². The summed E-state index contributed by atoms with van der Waals surface area (Å²) in [4.78, 5) is 12.4. The molecule has 1 amide bonds. The first-order chi connectivity index (χ1) is 11.2. The van der Waals surface area contributed by atoms with Crippen molar-refractivity contribution in [2.45, 2.75) is 13.3 Å². The van der Waals surface area contributed by atoms with Crippen molar-refractivity contribution in [1.82, 2.24) is 15.1 Å². The van der Waals surface area contributed by atoms with Crippen molar-refractivity contribution >= 4 is 5.91 Å². The Hall–Kier alpha value is -2.89. The molecule has 0 aliphatic heterocycles. The van der Waals surface area contributed by atoms with Crippen LogP contribution >= 0.6 is 0 Å². The molecule has 6 heteroatoms. The highest BCUT2D eigenvalue weighted by Crippen LogP contribution is 2.22. The maximum absolute atomic E-state index is 13.1. The van der Waals surface area contributed by atoms with Crippen LogP contribution in [0.1, 0.15) is 23.8 Å². The van der Waals surface area contributed by atoms with Crippen LogP contribution in [0.25, 0.3) is 17.1 Å². The number of hydrogen-bond donors (Lipinski definition) is 1. The third-order valence-corrected chi connectivity index (χ3v) is 3.32. The number of amides is 1. The van der Waals surface area contributed by atoms with Gasteiger partial charge in [0.1, 0.15) is 17.2 Å². The van der Waals surface area contributed by atoms with Gasteiger partial charge in [-0.3, -0.25) is 4.79 Å². The van der Waals surface area contributed by atoms with E-state index in [1.165, 1.54) is 16.8 Å². The smallest absolute Gasteiger partial charge is 0.270 e. The lowest BCUT2D eigenvalue weighted by Crippen LogP contribution is -2.26. The minimum Gasteiger partial charge on any atom is -0.463 e. The van der Waals surface area contributed by atoms with Crippen molar-refractivity contribution in [3.8, 4) is 17.1 Å². The van der Waals surface area contributed by atoms with E-state index in [2.05, 4.69) is 10.4 Å². The summed E-state index contributed by atoms with van der Waals surface area (Å²) in [6, 6.07) is 11.0. The summed E-state index contributed by atoms with van der Waals surface area (Å²) in [5.41, 5.74) is 1.52. The second kappa shape index (κ2) is 6.48. The fraction of sp³-hybridized carbons (Fsp3) is 0.176. The molecule has 3 aromatic rings. The summed E-state index contributed by atoms with van der Waals surface area (Å²) in [7, 11) is 0. The van der Waals surface area contributed by atoms with E-state index in [0.29, 0.717) is 29.4 Å². The highest BCUT2D eigenvalue weighted by Gasteiger charge is 2.18. The molecule has 0 spiro atoms. The molecule has 0 fully saturated rings. The summed E-state index contributed by atoms with van der Waals surface area (Å²) >= 11 is 0. The zero-order chi connectivity index (χ0) is 16.2. The molecule has 0 atom stereocenters. The van der Waals surface area contributed by atoms with Crippen molar-refractivity contribution < 1.29 is 13.6 Å². The predicted molar refractivity (Wildman–Crippen MR) is 83.8 cm³/mol. The van der Waals surface area contributed by atoms with E-state index in [9.17, 15) is 9.18 Å². The topological polar surface area (TPSA) is 60.1 Å². The zero-order valence-corrected chi connectivity index (χ0v) is 12.6. The van der Waals surface area contributed by atoms with Crippen LogP contribution in [0.15, 0.2) is 53.1 Å². The van der Waals surface area contributed by atoms with E-state index >= 15 is 0 Å². The molecule has 1 aromatic carbocycles. The predicted octanol–water partition coefficient (Wildman–Crippen LogP) is 3.41. The van der Waals surface area contributed by atoms with Crippen molar-refractivity contribution in [3.05, 3.63) is 60.2 Å². The van der Waals surface area contributed by atoms with E-state index in [4.69, 9.17) is 4.42 Å². The van der Waals surface area contributed by atoms with Crippen molar-refractivity contribution in [1.29, 1.82) is 0 Å². The highest BCUT2D eigenvalue weighted by molar-refractivity contribution is 5.94. The molecule has 0 unspecified atom stereocenters. The normalized spacial score (nSPS) is 10.7. The maximum Gasteiger partial charge on any atom is 0.270 e. The second-order valence-corrected chi connectivity index (χ2v) is 5.04. The lowest BCUT2D eigenvalue weighted by atomic mass is 10.2. The number of furan rings is 1.